The second-order valence-electron chi connectivity index (χ2n) is 7.00. The van der Waals surface area contributed by atoms with E-state index in [0.717, 1.165) is 59.3 Å². The first-order valence-electron chi connectivity index (χ1n) is 9.78. The van der Waals surface area contributed by atoms with Crippen LogP contribution in [-0.4, -0.2) is 72.2 Å². The van der Waals surface area contributed by atoms with Crippen LogP contribution in [-0.2, 0) is 9.53 Å². The SMILES string of the molecule is O=C(CSc1nnc(NC[C@H]2CCCO2)s1)N1CCN(c2ccccc2Cl)CC1. The van der Waals surface area contributed by atoms with Crippen LogP contribution in [0.25, 0.3) is 0 Å². The monoisotopic (exact) mass is 453 g/mol. The number of hydrogen-bond acceptors (Lipinski definition) is 8. The zero-order valence-electron chi connectivity index (χ0n) is 16.1. The summed E-state index contributed by atoms with van der Waals surface area (Å²) in [6.07, 6.45) is 2.48. The second kappa shape index (κ2) is 9.97. The highest BCUT2D eigenvalue weighted by molar-refractivity contribution is 8.01. The van der Waals surface area contributed by atoms with Crippen molar-refractivity contribution in [1.29, 1.82) is 0 Å². The van der Waals surface area contributed by atoms with E-state index in [2.05, 4.69) is 20.4 Å². The highest BCUT2D eigenvalue weighted by Crippen LogP contribution is 2.28. The van der Waals surface area contributed by atoms with Crippen LogP contribution in [0.2, 0.25) is 5.02 Å². The van der Waals surface area contributed by atoms with E-state index < -0.39 is 0 Å². The molecule has 0 radical (unpaired) electrons. The van der Waals surface area contributed by atoms with Gasteiger partial charge < -0.3 is 19.9 Å². The number of ether oxygens (including phenoxy) is 1. The molecule has 2 aliphatic rings. The minimum atomic E-state index is 0.137. The molecule has 2 saturated heterocycles. The maximum atomic E-state index is 12.6. The Morgan fingerprint density at radius 3 is 2.86 bits per heavy atom. The number of aromatic nitrogens is 2. The quantitative estimate of drug-likeness (QED) is 0.645. The summed E-state index contributed by atoms with van der Waals surface area (Å²) in [5.41, 5.74) is 1.03. The summed E-state index contributed by atoms with van der Waals surface area (Å²) in [5, 5.41) is 13.1. The van der Waals surface area contributed by atoms with Crippen molar-refractivity contribution in [3.05, 3.63) is 29.3 Å². The summed E-state index contributed by atoms with van der Waals surface area (Å²) in [5.74, 6) is 0.518. The molecular formula is C19H24ClN5O2S2. The molecule has 0 spiro atoms. The first-order valence-corrected chi connectivity index (χ1v) is 12.0. The molecule has 7 nitrogen and oxygen atoms in total. The summed E-state index contributed by atoms with van der Waals surface area (Å²) in [4.78, 5) is 16.7. The van der Waals surface area contributed by atoms with Gasteiger partial charge in [0.2, 0.25) is 11.0 Å². The molecule has 2 aliphatic heterocycles. The van der Waals surface area contributed by atoms with E-state index in [1.165, 1.54) is 23.1 Å². The van der Waals surface area contributed by atoms with Gasteiger partial charge in [-0.3, -0.25) is 4.79 Å². The van der Waals surface area contributed by atoms with E-state index in [9.17, 15) is 4.79 Å². The molecule has 0 aliphatic carbocycles. The summed E-state index contributed by atoms with van der Waals surface area (Å²) in [7, 11) is 0. The zero-order chi connectivity index (χ0) is 20.1. The van der Waals surface area contributed by atoms with Crippen molar-refractivity contribution in [3.8, 4) is 0 Å². The maximum absolute atomic E-state index is 12.6. The van der Waals surface area contributed by atoms with Gasteiger partial charge in [0.25, 0.3) is 0 Å². The molecule has 4 rings (SSSR count). The number of nitrogens with one attached hydrogen (secondary N) is 1. The molecule has 29 heavy (non-hydrogen) atoms. The van der Waals surface area contributed by atoms with Crippen molar-refractivity contribution >= 4 is 51.4 Å². The fourth-order valence-corrected chi connectivity index (χ4v) is 5.38. The fraction of sp³-hybridized carbons (Fsp3) is 0.526. The molecule has 2 aromatic rings. The first-order chi connectivity index (χ1) is 14.2. The van der Waals surface area contributed by atoms with Crippen LogP contribution in [0, 0.1) is 0 Å². The lowest BCUT2D eigenvalue weighted by Gasteiger charge is -2.36. The number of para-hydroxylation sites is 1. The minimum absolute atomic E-state index is 0.137. The van der Waals surface area contributed by atoms with Crippen LogP contribution in [0.5, 0.6) is 0 Å². The molecule has 2 fully saturated rings. The molecule has 0 saturated carbocycles. The van der Waals surface area contributed by atoms with Crippen molar-refractivity contribution in [2.75, 3.05) is 55.3 Å². The van der Waals surface area contributed by atoms with Gasteiger partial charge in [-0.05, 0) is 25.0 Å². The van der Waals surface area contributed by atoms with Crippen LogP contribution in [0.3, 0.4) is 0 Å². The predicted molar refractivity (Wildman–Crippen MR) is 118 cm³/mol. The van der Waals surface area contributed by atoms with E-state index >= 15 is 0 Å². The van der Waals surface area contributed by atoms with Crippen molar-refractivity contribution in [1.82, 2.24) is 15.1 Å². The number of halogens is 1. The summed E-state index contributed by atoms with van der Waals surface area (Å²) in [6.45, 7) is 4.59. The molecule has 0 bridgehead atoms. The van der Waals surface area contributed by atoms with Gasteiger partial charge in [-0.2, -0.15) is 0 Å². The Hall–Kier alpha value is -1.55. The average Bonchev–Trinajstić information content (AvgIpc) is 3.43. The van der Waals surface area contributed by atoms with E-state index in [4.69, 9.17) is 16.3 Å². The number of piperazine rings is 1. The Labute approximate surface area is 183 Å². The highest BCUT2D eigenvalue weighted by Gasteiger charge is 2.23. The Bertz CT molecular complexity index is 822. The predicted octanol–water partition coefficient (Wildman–Crippen LogP) is 3.22. The van der Waals surface area contributed by atoms with Crippen molar-refractivity contribution in [2.24, 2.45) is 0 Å². The molecule has 10 heteroatoms. The van der Waals surface area contributed by atoms with Crippen molar-refractivity contribution in [3.63, 3.8) is 0 Å². The van der Waals surface area contributed by atoms with Crippen LogP contribution in [0.4, 0.5) is 10.8 Å². The van der Waals surface area contributed by atoms with Gasteiger partial charge in [-0.15, -0.1) is 10.2 Å². The minimum Gasteiger partial charge on any atom is -0.376 e. The topological polar surface area (TPSA) is 70.6 Å². The largest absolute Gasteiger partial charge is 0.376 e. The molecule has 156 valence electrons. The van der Waals surface area contributed by atoms with Gasteiger partial charge in [0.1, 0.15) is 0 Å². The smallest absolute Gasteiger partial charge is 0.233 e. The van der Waals surface area contributed by atoms with E-state index in [1.54, 1.807) is 0 Å². The van der Waals surface area contributed by atoms with Crippen LogP contribution < -0.4 is 10.2 Å². The molecule has 1 atom stereocenters. The number of benzene rings is 1. The summed E-state index contributed by atoms with van der Waals surface area (Å²) >= 11 is 9.22. The van der Waals surface area contributed by atoms with Gasteiger partial charge in [0.05, 0.1) is 22.6 Å². The number of carbonyl (C=O) groups excluding carboxylic acids is 1. The molecule has 0 unspecified atom stereocenters. The van der Waals surface area contributed by atoms with Gasteiger partial charge in [0, 0.05) is 39.3 Å². The normalized spacial score (nSPS) is 19.6. The standard InChI is InChI=1S/C19H24ClN5O2S2/c20-15-5-1-2-6-16(15)24-7-9-25(10-8-24)17(26)13-28-19-23-22-18(29-19)21-12-14-4-3-11-27-14/h1-2,5-6,14H,3-4,7-13H2,(H,21,22)/t14-/m1/s1. The number of carbonyl (C=O) groups is 1. The molecule has 3 heterocycles. The number of hydrogen-bond donors (Lipinski definition) is 1. The molecular weight excluding hydrogens is 430 g/mol. The molecule has 1 aromatic carbocycles. The first kappa shape index (κ1) is 20.7. The molecule has 1 amide bonds. The number of rotatable bonds is 7. The number of nitrogens with zero attached hydrogens (tertiary/aromatic N) is 4. The Kier molecular flexibility index (Phi) is 7.12. The Morgan fingerprint density at radius 1 is 1.28 bits per heavy atom. The van der Waals surface area contributed by atoms with E-state index in [-0.39, 0.29) is 12.0 Å². The van der Waals surface area contributed by atoms with Crippen LogP contribution in [0.15, 0.2) is 28.6 Å². The zero-order valence-corrected chi connectivity index (χ0v) is 18.4. The third-order valence-electron chi connectivity index (χ3n) is 5.06. The molecule has 1 aromatic heterocycles. The Balaban J connectivity index is 1.20. The third kappa shape index (κ3) is 5.53. The summed E-state index contributed by atoms with van der Waals surface area (Å²) in [6, 6.07) is 7.84. The third-order valence-corrected chi connectivity index (χ3v) is 7.37. The summed E-state index contributed by atoms with van der Waals surface area (Å²) < 4.78 is 6.41. The van der Waals surface area contributed by atoms with Crippen LogP contribution in [0.1, 0.15) is 12.8 Å². The lowest BCUT2D eigenvalue weighted by Crippen LogP contribution is -2.49. The number of thioether (sulfide) groups is 1. The van der Waals surface area contributed by atoms with Gasteiger partial charge in [-0.25, -0.2) is 0 Å². The van der Waals surface area contributed by atoms with E-state index in [1.807, 2.05) is 29.2 Å². The van der Waals surface area contributed by atoms with Gasteiger partial charge in [0.15, 0.2) is 4.34 Å². The number of anilines is 2. The van der Waals surface area contributed by atoms with Crippen molar-refractivity contribution < 1.29 is 9.53 Å². The second-order valence-corrected chi connectivity index (χ2v) is 9.60. The lowest BCUT2D eigenvalue weighted by atomic mass is 10.2. The lowest BCUT2D eigenvalue weighted by molar-refractivity contribution is -0.128. The van der Waals surface area contributed by atoms with E-state index in [0.29, 0.717) is 18.8 Å². The molecule has 1 N–H and O–H groups in total. The van der Waals surface area contributed by atoms with Crippen LogP contribution >= 0.6 is 34.7 Å². The number of amides is 1. The van der Waals surface area contributed by atoms with Gasteiger partial charge in [-0.1, -0.05) is 46.8 Å². The van der Waals surface area contributed by atoms with Gasteiger partial charge >= 0.3 is 0 Å². The average molecular weight is 454 g/mol. The fourth-order valence-electron chi connectivity index (χ4n) is 3.47. The maximum Gasteiger partial charge on any atom is 0.233 e. The van der Waals surface area contributed by atoms with Crippen molar-refractivity contribution in [2.45, 2.75) is 23.3 Å². The Morgan fingerprint density at radius 2 is 2.10 bits per heavy atom. The highest BCUT2D eigenvalue weighted by atomic mass is 35.5.